The number of halogens is 1. The van der Waals surface area contributed by atoms with Crippen molar-refractivity contribution in [3.8, 4) is 0 Å². The van der Waals surface area contributed by atoms with Gasteiger partial charge in [-0.15, -0.1) is 0 Å². The molecule has 2 bridgehead atoms. The predicted molar refractivity (Wildman–Crippen MR) is 98.4 cm³/mol. The Hall–Kier alpha value is -1.84. The van der Waals surface area contributed by atoms with E-state index in [0.717, 1.165) is 35.4 Å². The normalized spacial score (nSPS) is 27.9. The fourth-order valence-electron chi connectivity index (χ4n) is 4.33. The maximum absolute atomic E-state index is 12.4. The number of fused-ring (bicyclic) bond motifs is 3. The smallest absolute Gasteiger partial charge is 0.338 e. The van der Waals surface area contributed by atoms with Crippen molar-refractivity contribution in [2.75, 3.05) is 19.6 Å². The van der Waals surface area contributed by atoms with Gasteiger partial charge in [0.25, 0.3) is 0 Å². The molecule has 1 atom stereocenters. The Morgan fingerprint density at radius 2 is 1.72 bits per heavy atom. The predicted octanol–water partition coefficient (Wildman–Crippen LogP) is 4.31. The van der Waals surface area contributed by atoms with Crippen LogP contribution in [0.5, 0.6) is 0 Å². The van der Waals surface area contributed by atoms with Gasteiger partial charge in [-0.05, 0) is 24.3 Å². The molecule has 0 aliphatic carbocycles. The zero-order valence-electron chi connectivity index (χ0n) is 14.2. The van der Waals surface area contributed by atoms with Crippen molar-refractivity contribution in [2.45, 2.75) is 25.5 Å². The quantitative estimate of drug-likeness (QED) is 0.603. The number of esters is 1. The Labute approximate surface area is 153 Å². The fraction of sp³-hybridized carbons (Fsp3) is 0.381. The highest BCUT2D eigenvalue weighted by Crippen LogP contribution is 2.37. The van der Waals surface area contributed by atoms with Crippen LogP contribution in [0.1, 0.15) is 28.8 Å². The van der Waals surface area contributed by atoms with Gasteiger partial charge in [-0.3, -0.25) is 0 Å². The molecule has 2 aromatic carbocycles. The van der Waals surface area contributed by atoms with Gasteiger partial charge in [0.2, 0.25) is 0 Å². The first-order valence-electron chi connectivity index (χ1n) is 8.99. The standard InChI is InChI=1S/C21H23ClNO2/c22-19-8-6-16(7-9-19)14-23-12-10-17(11-13-23)20(15-23)25-21(24)18-4-2-1-3-5-18/h1-9,17,20H,10-15H2/q+1/t17?,20-,23?/m1/s1. The van der Waals surface area contributed by atoms with Crippen LogP contribution in [-0.2, 0) is 11.3 Å². The third-order valence-corrected chi connectivity index (χ3v) is 5.99. The summed E-state index contributed by atoms with van der Waals surface area (Å²) in [5.74, 6) is 0.321. The van der Waals surface area contributed by atoms with Gasteiger partial charge >= 0.3 is 5.97 Å². The topological polar surface area (TPSA) is 26.3 Å². The number of carbonyl (C=O) groups is 1. The lowest BCUT2D eigenvalue weighted by atomic mass is 9.83. The van der Waals surface area contributed by atoms with E-state index in [0.29, 0.717) is 11.5 Å². The van der Waals surface area contributed by atoms with Crippen LogP contribution in [0, 0.1) is 5.92 Å². The second-order valence-electron chi connectivity index (χ2n) is 7.40. The number of carbonyl (C=O) groups excluding carboxylic acids is 1. The monoisotopic (exact) mass is 356 g/mol. The molecule has 3 nitrogen and oxygen atoms in total. The zero-order chi connectivity index (χ0) is 17.3. The number of piperidine rings is 3. The molecule has 3 aliphatic heterocycles. The third-order valence-electron chi connectivity index (χ3n) is 5.74. The third kappa shape index (κ3) is 3.58. The molecule has 3 aliphatic rings. The van der Waals surface area contributed by atoms with Crippen molar-refractivity contribution in [3.63, 3.8) is 0 Å². The van der Waals surface area contributed by atoms with Crippen LogP contribution in [0.3, 0.4) is 0 Å². The molecule has 5 rings (SSSR count). The molecular formula is C21H23ClNO2+. The first-order valence-corrected chi connectivity index (χ1v) is 9.37. The van der Waals surface area contributed by atoms with E-state index in [9.17, 15) is 4.79 Å². The highest BCUT2D eigenvalue weighted by molar-refractivity contribution is 6.30. The Kier molecular flexibility index (Phi) is 4.53. The van der Waals surface area contributed by atoms with Crippen LogP contribution in [0.15, 0.2) is 54.6 Å². The molecule has 0 aromatic heterocycles. The van der Waals surface area contributed by atoms with E-state index in [1.165, 1.54) is 18.7 Å². The fourth-order valence-corrected chi connectivity index (χ4v) is 4.46. The summed E-state index contributed by atoms with van der Waals surface area (Å²) >= 11 is 6.01. The van der Waals surface area contributed by atoms with E-state index < -0.39 is 0 Å². The molecule has 25 heavy (non-hydrogen) atoms. The number of hydrogen-bond acceptors (Lipinski definition) is 2. The van der Waals surface area contributed by atoms with Crippen molar-refractivity contribution < 1.29 is 14.0 Å². The van der Waals surface area contributed by atoms with Crippen LogP contribution in [0.25, 0.3) is 0 Å². The molecular weight excluding hydrogens is 334 g/mol. The number of ether oxygens (including phenoxy) is 1. The van der Waals surface area contributed by atoms with Gasteiger partial charge in [0.05, 0.1) is 18.7 Å². The van der Waals surface area contributed by atoms with Gasteiger partial charge in [-0.1, -0.05) is 41.9 Å². The molecule has 0 radical (unpaired) electrons. The number of nitrogens with zero attached hydrogens (tertiary/aromatic N) is 1. The molecule has 2 aromatic rings. The van der Waals surface area contributed by atoms with E-state index in [2.05, 4.69) is 12.1 Å². The lowest BCUT2D eigenvalue weighted by molar-refractivity contribution is -0.958. The van der Waals surface area contributed by atoms with E-state index >= 15 is 0 Å². The van der Waals surface area contributed by atoms with Crippen molar-refractivity contribution in [3.05, 3.63) is 70.7 Å². The summed E-state index contributed by atoms with van der Waals surface area (Å²) in [6.07, 6.45) is 2.31. The van der Waals surface area contributed by atoms with Crippen molar-refractivity contribution in [2.24, 2.45) is 5.92 Å². The van der Waals surface area contributed by atoms with Crippen molar-refractivity contribution >= 4 is 17.6 Å². The van der Waals surface area contributed by atoms with Gasteiger partial charge in [-0.25, -0.2) is 4.79 Å². The minimum Gasteiger partial charge on any atom is -0.452 e. The second kappa shape index (κ2) is 6.81. The van der Waals surface area contributed by atoms with Crippen LogP contribution < -0.4 is 0 Å². The Balaban J connectivity index is 1.46. The van der Waals surface area contributed by atoms with Crippen LogP contribution in [-0.4, -0.2) is 36.2 Å². The second-order valence-corrected chi connectivity index (χ2v) is 7.84. The van der Waals surface area contributed by atoms with E-state index in [4.69, 9.17) is 16.3 Å². The minimum atomic E-state index is -0.191. The molecule has 0 saturated carbocycles. The first-order chi connectivity index (χ1) is 12.1. The lowest BCUT2D eigenvalue weighted by Crippen LogP contribution is -2.63. The molecule has 0 amide bonds. The molecule has 3 saturated heterocycles. The van der Waals surface area contributed by atoms with Gasteiger partial charge in [0.15, 0.2) is 6.10 Å². The summed E-state index contributed by atoms with van der Waals surface area (Å²) in [7, 11) is 0. The average molecular weight is 357 g/mol. The largest absolute Gasteiger partial charge is 0.452 e. The summed E-state index contributed by atoms with van der Waals surface area (Å²) in [6.45, 7) is 4.26. The van der Waals surface area contributed by atoms with Crippen molar-refractivity contribution in [1.82, 2.24) is 0 Å². The molecule has 0 spiro atoms. The summed E-state index contributed by atoms with van der Waals surface area (Å²) < 4.78 is 6.94. The van der Waals surface area contributed by atoms with E-state index in [1.54, 1.807) is 0 Å². The molecule has 0 N–H and O–H groups in total. The Bertz CT molecular complexity index is 736. The highest BCUT2D eigenvalue weighted by Gasteiger charge is 2.47. The lowest BCUT2D eigenvalue weighted by Gasteiger charge is -2.52. The molecule has 3 heterocycles. The minimum absolute atomic E-state index is 0.0301. The zero-order valence-corrected chi connectivity index (χ0v) is 15.0. The average Bonchev–Trinajstić information content (AvgIpc) is 2.65. The van der Waals surface area contributed by atoms with Crippen molar-refractivity contribution in [1.29, 1.82) is 0 Å². The Morgan fingerprint density at radius 1 is 1.04 bits per heavy atom. The summed E-state index contributed by atoms with van der Waals surface area (Å²) in [5, 5.41) is 0.774. The number of hydrogen-bond donors (Lipinski definition) is 0. The Morgan fingerprint density at radius 3 is 2.40 bits per heavy atom. The van der Waals surface area contributed by atoms with Crippen LogP contribution in [0.4, 0.5) is 0 Å². The van der Waals surface area contributed by atoms with E-state index in [1.807, 2.05) is 42.5 Å². The van der Waals surface area contributed by atoms with Crippen LogP contribution >= 0.6 is 11.6 Å². The molecule has 4 heteroatoms. The maximum atomic E-state index is 12.4. The van der Waals surface area contributed by atoms with Gasteiger partial charge in [-0.2, -0.15) is 0 Å². The van der Waals surface area contributed by atoms with Gasteiger partial charge < -0.3 is 9.22 Å². The van der Waals surface area contributed by atoms with Crippen LogP contribution in [0.2, 0.25) is 5.02 Å². The SMILES string of the molecule is O=C(O[C@@H]1C[N+]2(Cc3ccc(Cl)cc3)CCC1CC2)c1ccccc1. The molecule has 3 fully saturated rings. The van der Waals surface area contributed by atoms with Gasteiger partial charge in [0.1, 0.15) is 13.1 Å². The molecule has 130 valence electrons. The summed E-state index contributed by atoms with van der Waals surface area (Å²) in [5.41, 5.74) is 1.95. The summed E-state index contributed by atoms with van der Waals surface area (Å²) in [4.78, 5) is 12.4. The van der Waals surface area contributed by atoms with Gasteiger partial charge in [0, 0.05) is 29.3 Å². The maximum Gasteiger partial charge on any atom is 0.338 e. The summed E-state index contributed by atoms with van der Waals surface area (Å²) in [6, 6.07) is 17.4. The first kappa shape index (κ1) is 16.6. The number of rotatable bonds is 4. The van der Waals surface area contributed by atoms with E-state index in [-0.39, 0.29) is 12.1 Å². The number of benzene rings is 2. The molecule has 0 unspecified atom stereocenters. The highest BCUT2D eigenvalue weighted by atomic mass is 35.5. The number of quaternary nitrogens is 1.